The van der Waals surface area contributed by atoms with Gasteiger partial charge in [0, 0.05) is 25.1 Å². The quantitative estimate of drug-likeness (QED) is 0.889. The number of anilines is 1. The van der Waals surface area contributed by atoms with Crippen LogP contribution in [0, 0.1) is 0 Å². The largest absolute Gasteiger partial charge is 0.383 e. The van der Waals surface area contributed by atoms with E-state index in [1.54, 1.807) is 7.11 Å². The number of hydrogen-bond acceptors (Lipinski definition) is 5. The third-order valence-electron chi connectivity index (χ3n) is 3.66. The third kappa shape index (κ3) is 2.68. The first kappa shape index (κ1) is 13.8. The first-order valence-corrected chi connectivity index (χ1v) is 7.37. The van der Waals surface area contributed by atoms with Crippen molar-refractivity contribution < 1.29 is 4.74 Å². The zero-order valence-electron chi connectivity index (χ0n) is 11.7. The number of rotatable bonds is 5. The van der Waals surface area contributed by atoms with Crippen LogP contribution in [-0.2, 0) is 11.2 Å². The number of aromatic nitrogens is 1. The Hall–Kier alpha value is -0.650. The molecule has 1 N–H and O–H groups in total. The van der Waals surface area contributed by atoms with Gasteiger partial charge in [-0.2, -0.15) is 0 Å². The van der Waals surface area contributed by atoms with Crippen LogP contribution in [0.5, 0.6) is 0 Å². The lowest BCUT2D eigenvalue weighted by molar-refractivity contribution is 0.183. The summed E-state index contributed by atoms with van der Waals surface area (Å²) in [5, 5.41) is 4.51. The van der Waals surface area contributed by atoms with Crippen LogP contribution >= 0.6 is 11.3 Å². The van der Waals surface area contributed by atoms with Crippen molar-refractivity contribution in [2.45, 2.75) is 38.3 Å². The molecule has 18 heavy (non-hydrogen) atoms. The highest BCUT2D eigenvalue weighted by molar-refractivity contribution is 7.15. The van der Waals surface area contributed by atoms with Crippen LogP contribution in [0.4, 0.5) is 5.13 Å². The second-order valence-corrected chi connectivity index (χ2v) is 5.97. The Morgan fingerprint density at radius 2 is 2.39 bits per heavy atom. The van der Waals surface area contributed by atoms with Gasteiger partial charge in [-0.05, 0) is 33.2 Å². The Balaban J connectivity index is 2.18. The Kier molecular flexibility index (Phi) is 4.59. The normalized spacial score (nSPS) is 20.6. The van der Waals surface area contributed by atoms with E-state index >= 15 is 0 Å². The fourth-order valence-corrected chi connectivity index (χ4v) is 3.69. The Bertz CT molecular complexity index is 394. The van der Waals surface area contributed by atoms with Crippen molar-refractivity contribution >= 4 is 16.5 Å². The maximum Gasteiger partial charge on any atom is 0.185 e. The van der Waals surface area contributed by atoms with E-state index in [9.17, 15) is 0 Å². The topological polar surface area (TPSA) is 37.4 Å². The van der Waals surface area contributed by atoms with E-state index in [2.05, 4.69) is 24.2 Å². The van der Waals surface area contributed by atoms with Crippen molar-refractivity contribution in [1.82, 2.24) is 10.3 Å². The molecule has 1 aromatic heterocycles. The molecule has 0 radical (unpaired) electrons. The number of hydrogen-bond donors (Lipinski definition) is 1. The van der Waals surface area contributed by atoms with Crippen molar-refractivity contribution in [2.24, 2.45) is 0 Å². The number of methoxy groups -OCH3 is 1. The van der Waals surface area contributed by atoms with Crippen molar-refractivity contribution in [3.63, 3.8) is 0 Å². The average Bonchev–Trinajstić information content (AvgIpc) is 2.81. The second-order valence-electron chi connectivity index (χ2n) is 4.96. The van der Waals surface area contributed by atoms with Gasteiger partial charge in [-0.25, -0.2) is 4.98 Å². The summed E-state index contributed by atoms with van der Waals surface area (Å²) in [4.78, 5) is 8.45. The van der Waals surface area contributed by atoms with Crippen LogP contribution in [-0.4, -0.2) is 38.8 Å². The molecule has 1 aromatic rings. The molecule has 0 spiro atoms. The minimum atomic E-state index is 0.357. The molecule has 5 heteroatoms. The molecule has 2 unspecified atom stereocenters. The molecular formula is C13H23N3OS. The molecular weight excluding hydrogens is 246 g/mol. The average molecular weight is 269 g/mol. The molecule has 0 aromatic carbocycles. The Labute approximate surface area is 113 Å². The van der Waals surface area contributed by atoms with Gasteiger partial charge in [0.25, 0.3) is 0 Å². The molecule has 0 fully saturated rings. The number of aryl methyl sites for hydroxylation is 1. The van der Waals surface area contributed by atoms with Crippen molar-refractivity contribution in [1.29, 1.82) is 0 Å². The molecule has 1 aliphatic rings. The smallest absolute Gasteiger partial charge is 0.185 e. The zero-order chi connectivity index (χ0) is 13.1. The van der Waals surface area contributed by atoms with Crippen LogP contribution in [0.15, 0.2) is 0 Å². The van der Waals surface area contributed by atoms with Gasteiger partial charge in [0.05, 0.1) is 18.3 Å². The van der Waals surface area contributed by atoms with Crippen molar-refractivity contribution in [3.8, 4) is 0 Å². The van der Waals surface area contributed by atoms with E-state index in [0.717, 1.165) is 18.2 Å². The zero-order valence-corrected chi connectivity index (χ0v) is 12.5. The molecule has 4 nitrogen and oxygen atoms in total. The van der Waals surface area contributed by atoms with E-state index in [1.165, 1.54) is 23.4 Å². The summed E-state index contributed by atoms with van der Waals surface area (Å²) in [6, 6.07) is 0.849. The highest BCUT2D eigenvalue weighted by Gasteiger charge is 2.25. The van der Waals surface area contributed by atoms with E-state index < -0.39 is 0 Å². The van der Waals surface area contributed by atoms with Crippen LogP contribution in [0.2, 0.25) is 0 Å². The lowest BCUT2D eigenvalue weighted by atomic mass is 9.98. The highest BCUT2D eigenvalue weighted by atomic mass is 32.1. The predicted molar refractivity (Wildman–Crippen MR) is 76.6 cm³/mol. The first-order valence-electron chi connectivity index (χ1n) is 6.56. The summed E-state index contributed by atoms with van der Waals surface area (Å²) < 4.78 is 5.21. The summed E-state index contributed by atoms with van der Waals surface area (Å²) in [5.74, 6) is 0. The molecule has 0 aliphatic heterocycles. The van der Waals surface area contributed by atoms with Crippen molar-refractivity contribution in [3.05, 3.63) is 10.6 Å². The molecule has 0 saturated heterocycles. The molecule has 0 bridgehead atoms. The minimum Gasteiger partial charge on any atom is -0.383 e. The van der Waals surface area contributed by atoms with Gasteiger partial charge < -0.3 is 15.0 Å². The minimum absolute atomic E-state index is 0.357. The lowest BCUT2D eigenvalue weighted by Gasteiger charge is -2.23. The second kappa shape index (κ2) is 5.99. The summed E-state index contributed by atoms with van der Waals surface area (Å²) >= 11 is 1.83. The molecule has 2 rings (SSSR count). The number of thiazole rings is 1. The SMILES string of the molecule is CNC1CCCc2nc(N(C)C(C)COC)sc21. The van der Waals surface area contributed by atoms with Gasteiger partial charge in [0.1, 0.15) is 0 Å². The molecule has 2 atom stereocenters. The van der Waals surface area contributed by atoms with E-state index in [-0.39, 0.29) is 0 Å². The van der Waals surface area contributed by atoms with Gasteiger partial charge >= 0.3 is 0 Å². The molecule has 1 heterocycles. The van der Waals surface area contributed by atoms with Crippen LogP contribution in [0.3, 0.4) is 0 Å². The standard InChI is InChI=1S/C13H23N3OS/c1-9(8-17-4)16(3)13-15-11-7-5-6-10(14-2)12(11)18-13/h9-10,14H,5-8H2,1-4H3. The van der Waals surface area contributed by atoms with Crippen molar-refractivity contribution in [2.75, 3.05) is 32.7 Å². The number of likely N-dealkylation sites (N-methyl/N-ethyl adjacent to an activating group) is 1. The number of nitrogens with one attached hydrogen (secondary N) is 1. The van der Waals surface area contributed by atoms with Gasteiger partial charge in [0.15, 0.2) is 5.13 Å². The molecule has 0 saturated carbocycles. The molecule has 102 valence electrons. The number of fused-ring (bicyclic) bond motifs is 1. The first-order chi connectivity index (χ1) is 8.67. The third-order valence-corrected chi connectivity index (χ3v) is 4.96. The Morgan fingerprint density at radius 3 is 3.06 bits per heavy atom. The number of ether oxygens (including phenoxy) is 1. The van der Waals surface area contributed by atoms with E-state index in [4.69, 9.17) is 9.72 Å². The highest BCUT2D eigenvalue weighted by Crippen LogP contribution is 2.37. The monoisotopic (exact) mass is 269 g/mol. The summed E-state index contributed by atoms with van der Waals surface area (Å²) in [7, 11) is 5.88. The summed E-state index contributed by atoms with van der Waals surface area (Å²) in [6.45, 7) is 2.90. The van der Waals surface area contributed by atoms with Gasteiger partial charge in [0.2, 0.25) is 0 Å². The lowest BCUT2D eigenvalue weighted by Crippen LogP contribution is -2.32. The van der Waals surface area contributed by atoms with Gasteiger partial charge in [-0.15, -0.1) is 0 Å². The van der Waals surface area contributed by atoms with Crippen LogP contribution < -0.4 is 10.2 Å². The van der Waals surface area contributed by atoms with Crippen LogP contribution in [0.25, 0.3) is 0 Å². The van der Waals surface area contributed by atoms with Gasteiger partial charge in [-0.1, -0.05) is 11.3 Å². The fraction of sp³-hybridized carbons (Fsp3) is 0.769. The van der Waals surface area contributed by atoms with Crippen LogP contribution in [0.1, 0.15) is 36.4 Å². The van der Waals surface area contributed by atoms with Gasteiger partial charge in [-0.3, -0.25) is 0 Å². The Morgan fingerprint density at radius 1 is 1.61 bits per heavy atom. The summed E-state index contributed by atoms with van der Waals surface area (Å²) in [6.07, 6.45) is 3.58. The van der Waals surface area contributed by atoms with E-state index in [0.29, 0.717) is 12.1 Å². The maximum atomic E-state index is 5.21. The maximum absolute atomic E-state index is 5.21. The predicted octanol–water partition coefficient (Wildman–Crippen LogP) is 2.21. The number of nitrogens with zero attached hydrogens (tertiary/aromatic N) is 2. The fourth-order valence-electron chi connectivity index (χ4n) is 2.37. The molecule has 0 amide bonds. The van der Waals surface area contributed by atoms with E-state index in [1.807, 2.05) is 18.4 Å². The summed E-state index contributed by atoms with van der Waals surface area (Å²) in [5.41, 5.74) is 1.29. The molecule has 1 aliphatic carbocycles.